The highest BCUT2D eigenvalue weighted by Gasteiger charge is 2.17. The number of aryl methyl sites for hydroxylation is 1. The quantitative estimate of drug-likeness (QED) is 0.380. The molecule has 5 heteroatoms. The summed E-state index contributed by atoms with van der Waals surface area (Å²) in [4.78, 5) is 11.4. The maximum atomic E-state index is 5.43. The molecular weight excluding hydrogens is 384 g/mol. The van der Waals surface area contributed by atoms with Crippen LogP contribution in [0.25, 0.3) is 0 Å². The molecule has 0 fully saturated rings. The SMILES string of the molecule is COc1cccc(N(c2ccccc2)c2nccc(NC(C)c3ccccc3C)n2)c1. The Morgan fingerprint density at radius 1 is 0.871 bits per heavy atom. The first-order chi connectivity index (χ1) is 15.2. The molecule has 31 heavy (non-hydrogen) atoms. The van der Waals surface area contributed by atoms with Gasteiger partial charge in [-0.15, -0.1) is 0 Å². The van der Waals surface area contributed by atoms with Crippen molar-refractivity contribution in [3.05, 3.63) is 102 Å². The summed E-state index contributed by atoms with van der Waals surface area (Å²) < 4.78 is 5.43. The maximum absolute atomic E-state index is 5.43. The molecule has 1 atom stereocenters. The largest absolute Gasteiger partial charge is 0.497 e. The number of rotatable bonds is 7. The fourth-order valence-electron chi connectivity index (χ4n) is 3.62. The number of anilines is 4. The van der Waals surface area contributed by atoms with Crippen LogP contribution in [0, 0.1) is 6.92 Å². The average molecular weight is 411 g/mol. The van der Waals surface area contributed by atoms with Crippen LogP contribution in [0.4, 0.5) is 23.1 Å². The van der Waals surface area contributed by atoms with E-state index in [0.717, 1.165) is 22.9 Å². The molecule has 5 nitrogen and oxygen atoms in total. The van der Waals surface area contributed by atoms with Gasteiger partial charge in [0.15, 0.2) is 0 Å². The molecule has 1 heterocycles. The van der Waals surface area contributed by atoms with E-state index in [1.165, 1.54) is 11.1 Å². The number of methoxy groups -OCH3 is 1. The number of benzene rings is 3. The normalized spacial score (nSPS) is 11.6. The van der Waals surface area contributed by atoms with Gasteiger partial charge >= 0.3 is 0 Å². The molecule has 0 spiro atoms. The lowest BCUT2D eigenvalue weighted by molar-refractivity contribution is 0.415. The lowest BCUT2D eigenvalue weighted by atomic mass is 10.0. The fourth-order valence-corrected chi connectivity index (χ4v) is 3.62. The third-order valence-electron chi connectivity index (χ3n) is 5.19. The van der Waals surface area contributed by atoms with Gasteiger partial charge in [0.2, 0.25) is 5.95 Å². The van der Waals surface area contributed by atoms with Crippen LogP contribution in [-0.4, -0.2) is 17.1 Å². The minimum Gasteiger partial charge on any atom is -0.497 e. The van der Waals surface area contributed by atoms with E-state index in [2.05, 4.69) is 48.4 Å². The second-order valence-corrected chi connectivity index (χ2v) is 7.34. The molecule has 156 valence electrons. The molecule has 4 aromatic rings. The smallest absolute Gasteiger partial charge is 0.236 e. The van der Waals surface area contributed by atoms with Crippen molar-refractivity contribution in [2.24, 2.45) is 0 Å². The van der Waals surface area contributed by atoms with Crippen LogP contribution in [0.2, 0.25) is 0 Å². The van der Waals surface area contributed by atoms with Gasteiger partial charge in [-0.25, -0.2) is 4.98 Å². The number of nitrogens with zero attached hydrogens (tertiary/aromatic N) is 3. The molecule has 0 bridgehead atoms. The van der Waals surface area contributed by atoms with Crippen molar-refractivity contribution in [3.63, 3.8) is 0 Å². The predicted molar refractivity (Wildman–Crippen MR) is 126 cm³/mol. The Labute approximate surface area is 183 Å². The minimum atomic E-state index is 0.117. The van der Waals surface area contributed by atoms with Crippen LogP contribution in [0.1, 0.15) is 24.1 Å². The molecule has 0 amide bonds. The van der Waals surface area contributed by atoms with Gasteiger partial charge in [0, 0.05) is 18.0 Å². The summed E-state index contributed by atoms with van der Waals surface area (Å²) in [7, 11) is 1.67. The van der Waals surface area contributed by atoms with Crippen LogP contribution >= 0.6 is 0 Å². The first-order valence-electron chi connectivity index (χ1n) is 10.3. The third kappa shape index (κ3) is 4.67. The van der Waals surface area contributed by atoms with Crippen molar-refractivity contribution in [2.45, 2.75) is 19.9 Å². The van der Waals surface area contributed by atoms with E-state index in [1.807, 2.05) is 65.6 Å². The number of aromatic nitrogens is 2. The van der Waals surface area contributed by atoms with Crippen molar-refractivity contribution >= 4 is 23.1 Å². The first kappa shape index (κ1) is 20.4. The number of hydrogen-bond acceptors (Lipinski definition) is 5. The van der Waals surface area contributed by atoms with Crippen molar-refractivity contribution in [3.8, 4) is 5.75 Å². The Morgan fingerprint density at radius 3 is 2.39 bits per heavy atom. The third-order valence-corrected chi connectivity index (χ3v) is 5.19. The van der Waals surface area contributed by atoms with Crippen molar-refractivity contribution in [1.29, 1.82) is 0 Å². The summed E-state index contributed by atoms with van der Waals surface area (Å²) in [5.41, 5.74) is 4.39. The lowest BCUT2D eigenvalue weighted by Gasteiger charge is -2.24. The monoisotopic (exact) mass is 410 g/mol. The van der Waals surface area contributed by atoms with Gasteiger partial charge in [-0.1, -0.05) is 48.5 Å². The number of ether oxygens (including phenoxy) is 1. The van der Waals surface area contributed by atoms with Crippen LogP contribution in [0.5, 0.6) is 5.75 Å². The second-order valence-electron chi connectivity index (χ2n) is 7.34. The minimum absolute atomic E-state index is 0.117. The Bertz CT molecular complexity index is 1150. The standard InChI is InChI=1S/C26H26N4O/c1-19-10-7-8-15-24(19)20(2)28-25-16-17-27-26(29-25)30(21-11-5-4-6-12-21)22-13-9-14-23(18-22)31-3/h4-18,20H,1-3H3,(H,27,28,29). The molecule has 1 unspecified atom stereocenters. The second kappa shape index (κ2) is 9.30. The summed E-state index contributed by atoms with van der Waals surface area (Å²) in [6.07, 6.45) is 1.78. The molecule has 0 saturated heterocycles. The Kier molecular flexibility index (Phi) is 6.13. The summed E-state index contributed by atoms with van der Waals surface area (Å²) in [6, 6.07) is 28.4. The zero-order valence-corrected chi connectivity index (χ0v) is 18.0. The van der Waals surface area contributed by atoms with Crippen molar-refractivity contribution in [1.82, 2.24) is 9.97 Å². The van der Waals surface area contributed by atoms with Gasteiger partial charge in [-0.3, -0.25) is 4.90 Å². The van der Waals surface area contributed by atoms with E-state index in [0.29, 0.717) is 5.95 Å². The number of hydrogen-bond donors (Lipinski definition) is 1. The van der Waals surface area contributed by atoms with E-state index in [1.54, 1.807) is 13.3 Å². The molecule has 1 aromatic heterocycles. The van der Waals surface area contributed by atoms with Gasteiger partial charge in [0.05, 0.1) is 18.8 Å². The zero-order chi connectivity index (χ0) is 21.6. The highest BCUT2D eigenvalue weighted by atomic mass is 16.5. The zero-order valence-electron chi connectivity index (χ0n) is 18.0. The summed E-state index contributed by atoms with van der Waals surface area (Å²) in [6.45, 7) is 4.26. The summed E-state index contributed by atoms with van der Waals surface area (Å²) in [5, 5.41) is 3.52. The van der Waals surface area contributed by atoms with Crippen molar-refractivity contribution < 1.29 is 4.74 Å². The van der Waals surface area contributed by atoms with Gasteiger partial charge in [-0.2, -0.15) is 4.98 Å². The highest BCUT2D eigenvalue weighted by Crippen LogP contribution is 2.34. The number of para-hydroxylation sites is 1. The molecule has 0 radical (unpaired) electrons. The van der Waals surface area contributed by atoms with Crippen molar-refractivity contribution in [2.75, 3.05) is 17.3 Å². The number of nitrogens with one attached hydrogen (secondary N) is 1. The van der Waals surface area contributed by atoms with Gasteiger partial charge < -0.3 is 10.1 Å². The lowest BCUT2D eigenvalue weighted by Crippen LogP contribution is -2.15. The Balaban J connectivity index is 1.70. The predicted octanol–water partition coefficient (Wildman–Crippen LogP) is 6.44. The molecule has 0 aliphatic carbocycles. The van der Waals surface area contributed by atoms with E-state index in [-0.39, 0.29) is 6.04 Å². The molecule has 0 saturated carbocycles. The Hall–Kier alpha value is -3.86. The van der Waals surface area contributed by atoms with Crippen LogP contribution < -0.4 is 15.0 Å². The van der Waals surface area contributed by atoms with Gasteiger partial charge in [-0.05, 0) is 55.3 Å². The Morgan fingerprint density at radius 2 is 1.61 bits per heavy atom. The summed E-state index contributed by atoms with van der Waals surface area (Å²) >= 11 is 0. The highest BCUT2D eigenvalue weighted by molar-refractivity contribution is 5.73. The van der Waals surface area contributed by atoms with E-state index in [4.69, 9.17) is 9.72 Å². The molecule has 0 aliphatic rings. The molecule has 0 aliphatic heterocycles. The van der Waals surface area contributed by atoms with Gasteiger partial charge in [0.25, 0.3) is 0 Å². The first-order valence-corrected chi connectivity index (χ1v) is 10.3. The van der Waals surface area contributed by atoms with Crippen LogP contribution in [0.3, 0.4) is 0 Å². The fraction of sp³-hybridized carbons (Fsp3) is 0.154. The molecule has 3 aromatic carbocycles. The van der Waals surface area contributed by atoms with Gasteiger partial charge in [0.1, 0.15) is 11.6 Å². The molecule has 1 N–H and O–H groups in total. The van der Waals surface area contributed by atoms with E-state index in [9.17, 15) is 0 Å². The topological polar surface area (TPSA) is 50.3 Å². The molecular formula is C26H26N4O. The maximum Gasteiger partial charge on any atom is 0.236 e. The molecule has 4 rings (SSSR count). The average Bonchev–Trinajstić information content (AvgIpc) is 2.81. The van der Waals surface area contributed by atoms with E-state index < -0.39 is 0 Å². The van der Waals surface area contributed by atoms with Crippen LogP contribution in [-0.2, 0) is 0 Å². The summed E-state index contributed by atoms with van der Waals surface area (Å²) in [5.74, 6) is 2.13. The van der Waals surface area contributed by atoms with Crippen LogP contribution in [0.15, 0.2) is 91.1 Å². The van der Waals surface area contributed by atoms with E-state index >= 15 is 0 Å².